The van der Waals surface area contributed by atoms with Gasteiger partial charge in [-0.2, -0.15) is 0 Å². The van der Waals surface area contributed by atoms with Crippen molar-refractivity contribution in [3.8, 4) is 0 Å². The average molecular weight is 316 g/mol. The lowest BCUT2D eigenvalue weighted by atomic mass is 10.2. The number of nitrogens with one attached hydrogen (secondary N) is 1. The highest BCUT2D eigenvalue weighted by molar-refractivity contribution is 7.90. The summed E-state index contributed by atoms with van der Waals surface area (Å²) in [5.74, 6) is 0.185. The van der Waals surface area contributed by atoms with E-state index in [1.54, 1.807) is 16.2 Å². The molecule has 5 nitrogen and oxygen atoms in total. The summed E-state index contributed by atoms with van der Waals surface area (Å²) >= 11 is 1.60. The first-order valence-corrected chi connectivity index (χ1v) is 9.64. The number of carbonyl (C=O) groups is 1. The molecule has 7 heteroatoms. The van der Waals surface area contributed by atoms with E-state index in [0.29, 0.717) is 13.0 Å². The molecule has 2 unspecified atom stereocenters. The second-order valence-corrected chi connectivity index (χ2v) is 8.30. The maximum absolute atomic E-state index is 12.3. The number of hydrogen-bond donors (Lipinski definition) is 1. The van der Waals surface area contributed by atoms with Gasteiger partial charge >= 0.3 is 0 Å². The van der Waals surface area contributed by atoms with Crippen molar-refractivity contribution in [2.45, 2.75) is 32.0 Å². The zero-order chi connectivity index (χ0) is 14.8. The van der Waals surface area contributed by atoms with Crippen LogP contribution in [-0.2, 0) is 14.6 Å². The van der Waals surface area contributed by atoms with Crippen LogP contribution in [0, 0.1) is 0 Å². The van der Waals surface area contributed by atoms with E-state index < -0.39 is 9.84 Å². The summed E-state index contributed by atoms with van der Waals surface area (Å²) in [5, 5.41) is 5.31. The molecule has 1 aromatic rings. The molecule has 0 aromatic carbocycles. The molecule has 2 rings (SSSR count). The smallest absolute Gasteiger partial charge is 0.241 e. The Morgan fingerprint density at radius 1 is 1.45 bits per heavy atom. The molecule has 1 N–H and O–H groups in total. The lowest BCUT2D eigenvalue weighted by Crippen LogP contribution is -2.32. The normalized spacial score (nSPS) is 23.5. The Morgan fingerprint density at radius 3 is 2.75 bits per heavy atom. The molecular weight excluding hydrogens is 296 g/mol. The molecule has 0 saturated carbocycles. The SMILES string of the molecule is CCC1NC(c2cccs2)N(CCCS(C)(=O)=O)C1=O. The molecule has 0 radical (unpaired) electrons. The minimum Gasteiger partial charge on any atom is -0.321 e. The van der Waals surface area contributed by atoms with Crippen LogP contribution in [0.1, 0.15) is 30.8 Å². The first-order chi connectivity index (χ1) is 9.42. The molecule has 1 fully saturated rings. The Hall–Kier alpha value is -0.920. The Kier molecular flexibility index (Phi) is 4.82. The molecule has 1 aliphatic rings. The van der Waals surface area contributed by atoms with E-state index in [9.17, 15) is 13.2 Å². The van der Waals surface area contributed by atoms with Crippen LogP contribution in [0.15, 0.2) is 17.5 Å². The summed E-state index contributed by atoms with van der Waals surface area (Å²) in [4.78, 5) is 15.2. The van der Waals surface area contributed by atoms with Gasteiger partial charge < -0.3 is 4.90 Å². The van der Waals surface area contributed by atoms with Crippen LogP contribution in [0.3, 0.4) is 0 Å². The van der Waals surface area contributed by atoms with Crippen LogP contribution in [0.4, 0.5) is 0 Å². The zero-order valence-corrected chi connectivity index (χ0v) is 13.3. The largest absolute Gasteiger partial charge is 0.321 e. The van der Waals surface area contributed by atoms with Gasteiger partial charge in [0.15, 0.2) is 0 Å². The van der Waals surface area contributed by atoms with Crippen molar-refractivity contribution in [2.24, 2.45) is 0 Å². The Balaban J connectivity index is 2.07. The standard InChI is InChI=1S/C13H20N2O3S2/c1-3-10-13(16)15(7-5-9-20(2,17)18)12(14-10)11-6-4-8-19-11/h4,6,8,10,12,14H,3,5,7,9H2,1-2H3. The van der Waals surface area contributed by atoms with E-state index in [4.69, 9.17) is 0 Å². The van der Waals surface area contributed by atoms with Crippen LogP contribution < -0.4 is 5.32 Å². The van der Waals surface area contributed by atoms with Gasteiger partial charge in [-0.05, 0) is 24.3 Å². The fraction of sp³-hybridized carbons (Fsp3) is 0.615. The van der Waals surface area contributed by atoms with Gasteiger partial charge in [-0.1, -0.05) is 13.0 Å². The quantitative estimate of drug-likeness (QED) is 0.861. The van der Waals surface area contributed by atoms with Gasteiger partial charge in [-0.25, -0.2) is 8.42 Å². The van der Waals surface area contributed by atoms with E-state index in [0.717, 1.165) is 11.3 Å². The summed E-state index contributed by atoms with van der Waals surface area (Å²) in [6, 6.07) is 3.79. The number of carbonyl (C=O) groups excluding carboxylic acids is 1. The van der Waals surface area contributed by atoms with Gasteiger partial charge in [0, 0.05) is 17.7 Å². The number of sulfone groups is 1. The van der Waals surface area contributed by atoms with Crippen molar-refractivity contribution in [1.82, 2.24) is 10.2 Å². The number of amides is 1. The van der Waals surface area contributed by atoms with Crippen molar-refractivity contribution in [2.75, 3.05) is 18.6 Å². The zero-order valence-electron chi connectivity index (χ0n) is 11.7. The molecule has 2 heterocycles. The van der Waals surface area contributed by atoms with Crippen molar-refractivity contribution < 1.29 is 13.2 Å². The topological polar surface area (TPSA) is 66.5 Å². The van der Waals surface area contributed by atoms with Crippen LogP contribution in [-0.4, -0.2) is 43.8 Å². The first-order valence-electron chi connectivity index (χ1n) is 6.70. The van der Waals surface area contributed by atoms with Gasteiger partial charge in [0.2, 0.25) is 5.91 Å². The fourth-order valence-electron chi connectivity index (χ4n) is 2.39. The Morgan fingerprint density at radius 2 is 2.20 bits per heavy atom. The highest BCUT2D eigenvalue weighted by Gasteiger charge is 2.38. The summed E-state index contributed by atoms with van der Waals surface area (Å²) in [7, 11) is -2.98. The highest BCUT2D eigenvalue weighted by atomic mass is 32.2. The monoisotopic (exact) mass is 316 g/mol. The number of nitrogens with zero attached hydrogens (tertiary/aromatic N) is 1. The van der Waals surface area contributed by atoms with Crippen molar-refractivity contribution in [1.29, 1.82) is 0 Å². The third kappa shape index (κ3) is 3.59. The van der Waals surface area contributed by atoms with Crippen molar-refractivity contribution in [3.63, 3.8) is 0 Å². The van der Waals surface area contributed by atoms with Crippen LogP contribution >= 0.6 is 11.3 Å². The van der Waals surface area contributed by atoms with E-state index in [1.165, 1.54) is 6.26 Å². The highest BCUT2D eigenvalue weighted by Crippen LogP contribution is 2.29. The van der Waals surface area contributed by atoms with Gasteiger partial charge in [-0.3, -0.25) is 10.1 Å². The minimum absolute atomic E-state index is 0.0689. The fourth-order valence-corrected chi connectivity index (χ4v) is 3.84. The van der Waals surface area contributed by atoms with Crippen LogP contribution in [0.5, 0.6) is 0 Å². The predicted molar refractivity (Wildman–Crippen MR) is 80.3 cm³/mol. The molecular formula is C13H20N2O3S2. The lowest BCUT2D eigenvalue weighted by Gasteiger charge is -2.23. The second-order valence-electron chi connectivity index (χ2n) is 5.06. The molecule has 0 bridgehead atoms. The van der Waals surface area contributed by atoms with E-state index in [2.05, 4.69) is 5.32 Å². The number of hydrogen-bond acceptors (Lipinski definition) is 5. The lowest BCUT2D eigenvalue weighted by molar-refractivity contribution is -0.130. The molecule has 1 saturated heterocycles. The third-order valence-corrected chi connectivity index (χ3v) is 5.34. The summed E-state index contributed by atoms with van der Waals surface area (Å²) in [6.07, 6.45) is 2.32. The number of rotatable bonds is 6. The van der Waals surface area contributed by atoms with E-state index >= 15 is 0 Å². The van der Waals surface area contributed by atoms with E-state index in [-0.39, 0.29) is 23.9 Å². The van der Waals surface area contributed by atoms with Gasteiger partial charge in [-0.15, -0.1) is 11.3 Å². The first kappa shape index (κ1) is 15.5. The molecule has 1 aromatic heterocycles. The summed E-state index contributed by atoms with van der Waals surface area (Å²) < 4.78 is 22.4. The molecule has 0 spiro atoms. The van der Waals surface area contributed by atoms with Crippen LogP contribution in [0.25, 0.3) is 0 Å². The minimum atomic E-state index is -2.98. The van der Waals surface area contributed by atoms with Gasteiger partial charge in [0.1, 0.15) is 16.0 Å². The maximum Gasteiger partial charge on any atom is 0.241 e. The molecule has 112 valence electrons. The molecule has 2 atom stereocenters. The average Bonchev–Trinajstić information content (AvgIpc) is 2.97. The van der Waals surface area contributed by atoms with E-state index in [1.807, 2.05) is 24.4 Å². The molecule has 1 aliphatic heterocycles. The van der Waals surface area contributed by atoms with Gasteiger partial charge in [0.05, 0.1) is 11.8 Å². The third-order valence-electron chi connectivity index (χ3n) is 3.39. The van der Waals surface area contributed by atoms with Crippen LogP contribution in [0.2, 0.25) is 0 Å². The van der Waals surface area contributed by atoms with Gasteiger partial charge in [0.25, 0.3) is 0 Å². The van der Waals surface area contributed by atoms with Crippen molar-refractivity contribution in [3.05, 3.63) is 22.4 Å². The second kappa shape index (κ2) is 6.24. The summed E-state index contributed by atoms with van der Waals surface area (Å²) in [6.45, 7) is 2.44. The molecule has 1 amide bonds. The maximum atomic E-state index is 12.3. The Bertz CT molecular complexity index is 554. The van der Waals surface area contributed by atoms with Crippen molar-refractivity contribution >= 4 is 27.1 Å². The summed E-state index contributed by atoms with van der Waals surface area (Å²) in [5.41, 5.74) is 0. The molecule has 20 heavy (non-hydrogen) atoms. The number of thiophene rings is 1. The predicted octanol–water partition coefficient (Wildman–Crippen LogP) is 1.39. The molecule has 0 aliphatic carbocycles. The Labute approximate surface area is 123 Å².